The average Bonchev–Trinajstić information content (AvgIpc) is 2.59. The highest BCUT2D eigenvalue weighted by Gasteiger charge is 2.28. The maximum Gasteiger partial charge on any atom is 0.255 e. The van der Waals surface area contributed by atoms with Crippen LogP contribution in [0, 0.1) is 5.41 Å². The first-order chi connectivity index (χ1) is 11.0. The summed E-state index contributed by atoms with van der Waals surface area (Å²) in [5.41, 5.74) is 0.523. The van der Waals surface area contributed by atoms with Gasteiger partial charge in [0.05, 0.1) is 26.9 Å². The van der Waals surface area contributed by atoms with Gasteiger partial charge in [0.15, 0.2) is 11.5 Å². The Morgan fingerprint density at radius 3 is 2.33 bits per heavy atom. The Labute approximate surface area is 149 Å². The second-order valence-corrected chi connectivity index (χ2v) is 6.18. The van der Waals surface area contributed by atoms with Gasteiger partial charge in [-0.15, -0.1) is 12.4 Å². The fourth-order valence-corrected chi connectivity index (χ4v) is 2.87. The zero-order chi connectivity index (χ0) is 16.9. The van der Waals surface area contributed by atoms with E-state index in [2.05, 4.69) is 17.6 Å². The molecule has 0 aliphatic carbocycles. The third kappa shape index (κ3) is 4.68. The normalized spacial score (nSPS) is 19.8. The minimum Gasteiger partial charge on any atom is -0.496 e. The Hall–Kier alpha value is -1.66. The SMILES string of the molecule is COc1cc(OC)c(C(=O)NCC2(C)CCCNC2)cc1OC.Cl. The molecule has 1 aliphatic rings. The molecule has 0 saturated carbocycles. The van der Waals surface area contributed by atoms with Crippen LogP contribution >= 0.6 is 12.4 Å². The van der Waals surface area contributed by atoms with Crippen LogP contribution in [0.15, 0.2) is 12.1 Å². The quantitative estimate of drug-likeness (QED) is 0.816. The number of rotatable bonds is 6. The molecule has 2 rings (SSSR count). The monoisotopic (exact) mass is 358 g/mol. The van der Waals surface area contributed by atoms with Gasteiger partial charge in [-0.3, -0.25) is 4.79 Å². The van der Waals surface area contributed by atoms with Crippen molar-refractivity contribution >= 4 is 18.3 Å². The van der Waals surface area contributed by atoms with E-state index in [1.54, 1.807) is 26.4 Å². The van der Waals surface area contributed by atoms with Gasteiger partial charge >= 0.3 is 0 Å². The van der Waals surface area contributed by atoms with E-state index in [-0.39, 0.29) is 23.7 Å². The largest absolute Gasteiger partial charge is 0.496 e. The van der Waals surface area contributed by atoms with Gasteiger partial charge in [-0.1, -0.05) is 6.92 Å². The van der Waals surface area contributed by atoms with E-state index in [1.807, 2.05) is 0 Å². The molecule has 1 heterocycles. The van der Waals surface area contributed by atoms with Crippen LogP contribution < -0.4 is 24.8 Å². The van der Waals surface area contributed by atoms with Crippen molar-refractivity contribution in [2.45, 2.75) is 19.8 Å². The van der Waals surface area contributed by atoms with E-state index in [0.717, 1.165) is 25.9 Å². The van der Waals surface area contributed by atoms with Crippen molar-refractivity contribution in [1.29, 1.82) is 0 Å². The molecule has 1 saturated heterocycles. The Balaban J connectivity index is 0.00000288. The highest BCUT2D eigenvalue weighted by Crippen LogP contribution is 2.34. The predicted molar refractivity (Wildman–Crippen MR) is 95.9 cm³/mol. The molecule has 2 N–H and O–H groups in total. The lowest BCUT2D eigenvalue weighted by Gasteiger charge is -2.34. The first-order valence-corrected chi connectivity index (χ1v) is 7.82. The third-order valence-electron chi connectivity index (χ3n) is 4.31. The van der Waals surface area contributed by atoms with Crippen molar-refractivity contribution < 1.29 is 19.0 Å². The molecule has 0 radical (unpaired) electrons. The molecule has 1 aromatic rings. The molecule has 136 valence electrons. The van der Waals surface area contributed by atoms with E-state index in [9.17, 15) is 4.79 Å². The van der Waals surface area contributed by atoms with Crippen LogP contribution in [-0.4, -0.2) is 46.9 Å². The van der Waals surface area contributed by atoms with Crippen LogP contribution in [0.3, 0.4) is 0 Å². The van der Waals surface area contributed by atoms with Crippen LogP contribution in [0.5, 0.6) is 17.2 Å². The van der Waals surface area contributed by atoms with E-state index in [0.29, 0.717) is 29.4 Å². The summed E-state index contributed by atoms with van der Waals surface area (Å²) in [6, 6.07) is 3.31. The topological polar surface area (TPSA) is 68.8 Å². The lowest BCUT2D eigenvalue weighted by Crippen LogP contribution is -2.45. The number of carbonyl (C=O) groups excluding carboxylic acids is 1. The Bertz CT molecular complexity index is 560. The third-order valence-corrected chi connectivity index (χ3v) is 4.31. The smallest absolute Gasteiger partial charge is 0.255 e. The fourth-order valence-electron chi connectivity index (χ4n) is 2.87. The van der Waals surface area contributed by atoms with Crippen molar-refractivity contribution in [3.8, 4) is 17.2 Å². The van der Waals surface area contributed by atoms with Crippen LogP contribution in [0.2, 0.25) is 0 Å². The number of hydrogen-bond acceptors (Lipinski definition) is 5. The molecular weight excluding hydrogens is 332 g/mol. The van der Waals surface area contributed by atoms with Gasteiger partial charge in [0.1, 0.15) is 5.75 Å². The minimum atomic E-state index is -0.172. The zero-order valence-corrected chi connectivity index (χ0v) is 15.5. The number of carbonyl (C=O) groups is 1. The molecular formula is C17H27ClN2O4. The molecule has 1 aliphatic heterocycles. The maximum absolute atomic E-state index is 12.6. The summed E-state index contributed by atoms with van der Waals surface area (Å²) < 4.78 is 15.8. The summed E-state index contributed by atoms with van der Waals surface area (Å²) in [4.78, 5) is 12.6. The van der Waals surface area contributed by atoms with Crippen LogP contribution in [0.1, 0.15) is 30.1 Å². The highest BCUT2D eigenvalue weighted by atomic mass is 35.5. The number of piperidine rings is 1. The number of ether oxygens (including phenoxy) is 3. The lowest BCUT2D eigenvalue weighted by molar-refractivity contribution is 0.0921. The first-order valence-electron chi connectivity index (χ1n) is 7.82. The second-order valence-electron chi connectivity index (χ2n) is 6.18. The van der Waals surface area contributed by atoms with Crippen molar-refractivity contribution in [2.75, 3.05) is 41.0 Å². The summed E-state index contributed by atoms with van der Waals surface area (Å²) in [5.74, 6) is 1.33. The molecule has 1 aromatic carbocycles. The number of methoxy groups -OCH3 is 3. The standard InChI is InChI=1S/C17H26N2O4.ClH/c1-17(6-5-7-18-10-17)11-19-16(20)12-8-14(22-3)15(23-4)9-13(12)21-2;/h8-9,18H,5-7,10-11H2,1-4H3,(H,19,20);1H. The van der Waals surface area contributed by atoms with E-state index < -0.39 is 0 Å². The number of amides is 1. The van der Waals surface area contributed by atoms with Gasteiger partial charge in [-0.05, 0) is 24.8 Å². The van der Waals surface area contributed by atoms with E-state index in [1.165, 1.54) is 7.11 Å². The van der Waals surface area contributed by atoms with Gasteiger partial charge in [0.2, 0.25) is 0 Å². The van der Waals surface area contributed by atoms with Crippen LogP contribution in [-0.2, 0) is 0 Å². The summed E-state index contributed by atoms with van der Waals surface area (Å²) >= 11 is 0. The van der Waals surface area contributed by atoms with Gasteiger partial charge in [-0.25, -0.2) is 0 Å². The van der Waals surface area contributed by atoms with Crippen LogP contribution in [0.25, 0.3) is 0 Å². The van der Waals surface area contributed by atoms with Crippen LogP contribution in [0.4, 0.5) is 0 Å². The molecule has 24 heavy (non-hydrogen) atoms. The van der Waals surface area contributed by atoms with Gasteiger partial charge in [0.25, 0.3) is 5.91 Å². The molecule has 1 unspecified atom stereocenters. The minimum absolute atomic E-state index is 0. The van der Waals surface area contributed by atoms with Crippen molar-refractivity contribution in [3.63, 3.8) is 0 Å². The second kappa shape index (κ2) is 8.99. The van der Waals surface area contributed by atoms with Gasteiger partial charge in [-0.2, -0.15) is 0 Å². The van der Waals surface area contributed by atoms with Gasteiger partial charge < -0.3 is 24.8 Å². The summed E-state index contributed by atoms with van der Waals surface area (Å²) in [6.45, 7) is 4.77. The van der Waals surface area contributed by atoms with Gasteiger partial charge in [0, 0.05) is 25.2 Å². The summed E-state index contributed by atoms with van der Waals surface area (Å²) in [6.07, 6.45) is 2.23. The van der Waals surface area contributed by atoms with Crippen molar-refractivity contribution in [3.05, 3.63) is 17.7 Å². The average molecular weight is 359 g/mol. The fraction of sp³-hybridized carbons (Fsp3) is 0.588. The summed E-state index contributed by atoms with van der Waals surface area (Å²) in [5, 5.41) is 6.40. The maximum atomic E-state index is 12.6. The molecule has 1 atom stereocenters. The molecule has 0 aromatic heterocycles. The van der Waals surface area contributed by atoms with E-state index >= 15 is 0 Å². The molecule has 6 nitrogen and oxygen atoms in total. The predicted octanol–water partition coefficient (Wildman–Crippen LogP) is 2.25. The molecule has 0 spiro atoms. The first kappa shape index (κ1) is 20.4. The highest BCUT2D eigenvalue weighted by molar-refractivity contribution is 5.97. The van der Waals surface area contributed by atoms with E-state index in [4.69, 9.17) is 14.2 Å². The van der Waals surface area contributed by atoms with Crippen molar-refractivity contribution in [1.82, 2.24) is 10.6 Å². The summed E-state index contributed by atoms with van der Waals surface area (Å²) in [7, 11) is 4.62. The molecule has 7 heteroatoms. The lowest BCUT2D eigenvalue weighted by atomic mass is 9.83. The van der Waals surface area contributed by atoms with Crippen molar-refractivity contribution in [2.24, 2.45) is 5.41 Å². The molecule has 1 amide bonds. The molecule has 1 fully saturated rings. The Morgan fingerprint density at radius 1 is 1.17 bits per heavy atom. The molecule has 0 bridgehead atoms. The number of halogens is 1. The number of benzene rings is 1. The zero-order valence-electron chi connectivity index (χ0n) is 14.7. The Morgan fingerprint density at radius 2 is 1.79 bits per heavy atom. The number of nitrogens with one attached hydrogen (secondary N) is 2. The number of hydrogen-bond donors (Lipinski definition) is 2. The Kier molecular flexibility index (Phi) is 7.63.